The van der Waals surface area contributed by atoms with Gasteiger partial charge in [0.1, 0.15) is 0 Å². The summed E-state index contributed by atoms with van der Waals surface area (Å²) in [5.74, 6) is 0. The molecule has 0 radical (unpaired) electrons. The molecular weight excluding hydrogens is 208 g/mol. The van der Waals surface area contributed by atoms with Crippen LogP contribution >= 0.6 is 0 Å². The highest BCUT2D eigenvalue weighted by Crippen LogP contribution is 2.08. The van der Waals surface area contributed by atoms with E-state index in [4.69, 9.17) is 5.11 Å². The molecule has 6 nitrogen and oxygen atoms in total. The predicted octanol–water partition coefficient (Wildman–Crippen LogP) is -0.245. The first-order chi connectivity index (χ1) is 6.47. The van der Waals surface area contributed by atoms with Crippen molar-refractivity contribution >= 4 is 16.1 Å². The number of carboxylic acid groups (broad SMARTS) is 1. The first-order valence-corrected chi connectivity index (χ1v) is 5.58. The van der Waals surface area contributed by atoms with E-state index in [1.165, 1.54) is 9.21 Å². The van der Waals surface area contributed by atoms with Crippen LogP contribution in [0.2, 0.25) is 0 Å². The number of sulfonamides is 1. The van der Waals surface area contributed by atoms with Gasteiger partial charge in [0, 0.05) is 31.6 Å². The third kappa shape index (κ3) is 2.24. The lowest BCUT2D eigenvalue weighted by molar-refractivity contribution is 0.126. The van der Waals surface area contributed by atoms with E-state index in [1.807, 2.05) is 0 Å². The molecule has 1 rings (SSSR count). The van der Waals surface area contributed by atoms with Crippen molar-refractivity contribution in [2.45, 2.75) is 0 Å². The number of hydrogen-bond donors (Lipinski definition) is 1. The van der Waals surface area contributed by atoms with Crippen LogP contribution in [0.25, 0.3) is 0 Å². The van der Waals surface area contributed by atoms with Gasteiger partial charge in [-0.05, 0) is 0 Å². The minimum atomic E-state index is -3.39. The van der Waals surface area contributed by atoms with Crippen LogP contribution in [-0.2, 0) is 10.0 Å². The summed E-state index contributed by atoms with van der Waals surface area (Å²) < 4.78 is 23.8. The molecule has 0 aromatic carbocycles. The Hall–Kier alpha value is -1.08. The Morgan fingerprint density at radius 3 is 2.14 bits per heavy atom. The standard InChI is InChI=1S/C7H12N2O4S/c1-2-14(12,13)9-5-3-8(4-6-9)7(10)11/h2H,1,3-6H2,(H,10,11). The third-order valence-corrected chi connectivity index (χ3v) is 3.59. The van der Waals surface area contributed by atoms with Crippen LogP contribution in [0.3, 0.4) is 0 Å². The number of rotatable bonds is 2. The molecule has 7 heteroatoms. The van der Waals surface area contributed by atoms with Gasteiger partial charge in [-0.25, -0.2) is 13.2 Å². The van der Waals surface area contributed by atoms with Crippen LogP contribution in [0.5, 0.6) is 0 Å². The SMILES string of the molecule is C=CS(=O)(=O)N1CCN(C(=O)O)CC1. The van der Waals surface area contributed by atoms with Crippen molar-refractivity contribution in [3.05, 3.63) is 12.0 Å². The highest BCUT2D eigenvalue weighted by atomic mass is 32.2. The molecule has 1 aliphatic heterocycles. The molecule has 0 aromatic heterocycles. The average molecular weight is 220 g/mol. The highest BCUT2D eigenvalue weighted by molar-refractivity contribution is 7.92. The fourth-order valence-electron chi connectivity index (χ4n) is 1.24. The van der Waals surface area contributed by atoms with Crippen LogP contribution < -0.4 is 0 Å². The zero-order valence-corrected chi connectivity index (χ0v) is 8.40. The molecule has 0 aliphatic carbocycles. The summed E-state index contributed by atoms with van der Waals surface area (Å²) in [6.07, 6.45) is -1.01. The van der Waals surface area contributed by atoms with Gasteiger partial charge in [-0.1, -0.05) is 6.58 Å². The van der Waals surface area contributed by atoms with E-state index in [9.17, 15) is 13.2 Å². The molecule has 80 valence electrons. The lowest BCUT2D eigenvalue weighted by Crippen LogP contribution is -2.49. The van der Waals surface area contributed by atoms with Gasteiger partial charge in [-0.3, -0.25) is 0 Å². The molecule has 1 heterocycles. The van der Waals surface area contributed by atoms with E-state index in [-0.39, 0.29) is 26.2 Å². The Labute approximate surface area is 82.5 Å². The molecule has 1 aliphatic rings. The van der Waals surface area contributed by atoms with Gasteiger partial charge in [0.25, 0.3) is 0 Å². The van der Waals surface area contributed by atoms with Gasteiger partial charge < -0.3 is 10.0 Å². The fourth-order valence-corrected chi connectivity index (χ4v) is 2.12. The summed E-state index contributed by atoms with van der Waals surface area (Å²) in [5, 5.41) is 9.50. The fraction of sp³-hybridized carbons (Fsp3) is 0.571. The number of nitrogens with zero attached hydrogens (tertiary/aromatic N) is 2. The molecule has 0 aromatic rings. The normalized spacial score (nSPS) is 19.3. The number of hydrogen-bond acceptors (Lipinski definition) is 3. The Balaban J connectivity index is 2.60. The van der Waals surface area contributed by atoms with Crippen LogP contribution in [0.1, 0.15) is 0 Å². The predicted molar refractivity (Wildman–Crippen MR) is 50.3 cm³/mol. The van der Waals surface area contributed by atoms with Crippen molar-refractivity contribution < 1.29 is 18.3 Å². The maximum Gasteiger partial charge on any atom is 0.407 e. The molecule has 14 heavy (non-hydrogen) atoms. The van der Waals surface area contributed by atoms with Gasteiger partial charge in [0.2, 0.25) is 10.0 Å². The zero-order valence-electron chi connectivity index (χ0n) is 7.59. The van der Waals surface area contributed by atoms with Crippen LogP contribution in [0.4, 0.5) is 4.79 Å². The number of piperazine rings is 1. The molecule has 0 spiro atoms. The van der Waals surface area contributed by atoms with Crippen molar-refractivity contribution in [1.29, 1.82) is 0 Å². The molecular formula is C7H12N2O4S. The summed E-state index contributed by atoms with van der Waals surface area (Å²) in [7, 11) is -3.39. The van der Waals surface area contributed by atoms with E-state index < -0.39 is 16.1 Å². The Kier molecular flexibility index (Phi) is 3.12. The minimum Gasteiger partial charge on any atom is -0.465 e. The summed E-state index contributed by atoms with van der Waals surface area (Å²) in [4.78, 5) is 11.7. The molecule has 0 atom stereocenters. The maximum absolute atomic E-state index is 11.3. The van der Waals surface area contributed by atoms with E-state index in [1.54, 1.807) is 0 Å². The van der Waals surface area contributed by atoms with Crippen LogP contribution in [0.15, 0.2) is 12.0 Å². The maximum atomic E-state index is 11.3. The van der Waals surface area contributed by atoms with Gasteiger partial charge in [-0.15, -0.1) is 0 Å². The summed E-state index contributed by atoms with van der Waals surface area (Å²) in [5.41, 5.74) is 0. The minimum absolute atomic E-state index is 0.195. The first kappa shape index (κ1) is 11.0. The lowest BCUT2D eigenvalue weighted by Gasteiger charge is -2.31. The monoisotopic (exact) mass is 220 g/mol. The topological polar surface area (TPSA) is 77.9 Å². The van der Waals surface area contributed by atoms with E-state index in [0.717, 1.165) is 5.41 Å². The number of carbonyl (C=O) groups is 1. The smallest absolute Gasteiger partial charge is 0.407 e. The quantitative estimate of drug-likeness (QED) is 0.696. The Morgan fingerprint density at radius 1 is 1.29 bits per heavy atom. The second-order valence-corrected chi connectivity index (χ2v) is 4.76. The van der Waals surface area contributed by atoms with Crippen molar-refractivity contribution in [1.82, 2.24) is 9.21 Å². The number of amides is 1. The lowest BCUT2D eigenvalue weighted by atomic mass is 10.4. The van der Waals surface area contributed by atoms with Crippen molar-refractivity contribution in [2.24, 2.45) is 0 Å². The van der Waals surface area contributed by atoms with Crippen LogP contribution in [-0.4, -0.2) is 55.0 Å². The molecule has 1 N–H and O–H groups in total. The Bertz CT molecular complexity index is 330. The van der Waals surface area contributed by atoms with Crippen molar-refractivity contribution in [3.63, 3.8) is 0 Å². The first-order valence-electron chi connectivity index (χ1n) is 4.08. The molecule has 0 saturated carbocycles. The molecule has 0 unspecified atom stereocenters. The highest BCUT2D eigenvalue weighted by Gasteiger charge is 2.26. The molecule has 1 saturated heterocycles. The zero-order chi connectivity index (χ0) is 10.8. The van der Waals surface area contributed by atoms with E-state index >= 15 is 0 Å². The van der Waals surface area contributed by atoms with Gasteiger partial charge in [-0.2, -0.15) is 4.31 Å². The summed E-state index contributed by atoms with van der Waals surface area (Å²) >= 11 is 0. The van der Waals surface area contributed by atoms with Crippen LogP contribution in [0, 0.1) is 0 Å². The average Bonchev–Trinajstić information content (AvgIpc) is 2.18. The van der Waals surface area contributed by atoms with Crippen molar-refractivity contribution in [2.75, 3.05) is 26.2 Å². The Morgan fingerprint density at radius 2 is 1.79 bits per heavy atom. The molecule has 1 amide bonds. The van der Waals surface area contributed by atoms with Gasteiger partial charge in [0.15, 0.2) is 0 Å². The molecule has 1 fully saturated rings. The van der Waals surface area contributed by atoms with E-state index in [0.29, 0.717) is 0 Å². The summed E-state index contributed by atoms with van der Waals surface area (Å²) in [6, 6.07) is 0. The van der Waals surface area contributed by atoms with Crippen molar-refractivity contribution in [3.8, 4) is 0 Å². The summed E-state index contributed by atoms with van der Waals surface area (Å²) in [6.45, 7) is 4.01. The third-order valence-electron chi connectivity index (χ3n) is 2.08. The van der Waals surface area contributed by atoms with E-state index in [2.05, 4.69) is 6.58 Å². The van der Waals surface area contributed by atoms with Gasteiger partial charge in [0.05, 0.1) is 0 Å². The second-order valence-electron chi connectivity index (χ2n) is 2.88. The largest absolute Gasteiger partial charge is 0.465 e. The molecule has 0 bridgehead atoms. The second kappa shape index (κ2) is 3.97. The van der Waals surface area contributed by atoms with Gasteiger partial charge >= 0.3 is 6.09 Å².